The lowest BCUT2D eigenvalue weighted by Gasteiger charge is -2.26. The third-order valence-corrected chi connectivity index (χ3v) is 5.17. The number of benzene rings is 3. The summed E-state index contributed by atoms with van der Waals surface area (Å²) in [6.07, 6.45) is -0.631. The second-order valence-corrected chi connectivity index (χ2v) is 7.55. The number of ketones is 2. The van der Waals surface area contributed by atoms with E-state index in [9.17, 15) is 19.5 Å². The van der Waals surface area contributed by atoms with Crippen molar-refractivity contribution in [2.45, 2.75) is 13.0 Å². The van der Waals surface area contributed by atoms with E-state index < -0.39 is 6.10 Å². The Morgan fingerprint density at radius 3 is 2.16 bits per heavy atom. The van der Waals surface area contributed by atoms with Gasteiger partial charge >= 0.3 is 0 Å². The number of amides is 1. The maximum atomic E-state index is 13.1. The standard InChI is InChI=1S/C25H22N2O4/c1-16(28)14-27(17-8-3-2-4-9-17)15-22(29)26-21-13-7-12-20-23(21)25(31)19-11-6-5-10-18(19)24(20)30/h2-13,16,28H,14-15H2,1H3,(H,26,29). The zero-order valence-corrected chi connectivity index (χ0v) is 17.0. The van der Waals surface area contributed by atoms with E-state index in [0.29, 0.717) is 16.8 Å². The van der Waals surface area contributed by atoms with Crippen LogP contribution in [0.25, 0.3) is 0 Å². The predicted molar refractivity (Wildman–Crippen MR) is 119 cm³/mol. The summed E-state index contributed by atoms with van der Waals surface area (Å²) in [5.74, 6) is -0.872. The Hall–Kier alpha value is -3.77. The number of fused-ring (bicyclic) bond motifs is 2. The van der Waals surface area contributed by atoms with Gasteiger partial charge in [-0.25, -0.2) is 0 Å². The number of carbonyl (C=O) groups excluding carboxylic acids is 3. The minimum atomic E-state index is -0.631. The molecule has 2 N–H and O–H groups in total. The molecule has 0 saturated carbocycles. The molecule has 6 nitrogen and oxygen atoms in total. The number of aliphatic hydroxyl groups excluding tert-OH is 1. The van der Waals surface area contributed by atoms with Gasteiger partial charge in [0.25, 0.3) is 0 Å². The monoisotopic (exact) mass is 414 g/mol. The first-order chi connectivity index (χ1) is 15.0. The third-order valence-electron chi connectivity index (χ3n) is 5.17. The van der Waals surface area contributed by atoms with Gasteiger partial charge in [-0.05, 0) is 25.1 Å². The number of hydrogen-bond acceptors (Lipinski definition) is 5. The van der Waals surface area contributed by atoms with E-state index in [2.05, 4.69) is 5.32 Å². The Kier molecular flexibility index (Phi) is 5.64. The van der Waals surface area contributed by atoms with Crippen molar-refractivity contribution in [2.24, 2.45) is 0 Å². The molecule has 6 heteroatoms. The number of anilines is 2. The fraction of sp³-hybridized carbons (Fsp3) is 0.160. The molecule has 1 aliphatic carbocycles. The number of aliphatic hydroxyl groups is 1. The minimum absolute atomic E-state index is 0.0166. The van der Waals surface area contributed by atoms with Gasteiger partial charge in [0.2, 0.25) is 5.91 Å². The number of rotatable bonds is 6. The molecule has 3 aromatic carbocycles. The molecule has 4 rings (SSSR count). The molecule has 1 amide bonds. The quantitative estimate of drug-likeness (QED) is 0.506. The molecule has 0 aliphatic heterocycles. The minimum Gasteiger partial charge on any atom is -0.392 e. The highest BCUT2D eigenvalue weighted by atomic mass is 16.3. The molecule has 31 heavy (non-hydrogen) atoms. The molecule has 0 radical (unpaired) electrons. The highest BCUT2D eigenvalue weighted by Gasteiger charge is 2.31. The van der Waals surface area contributed by atoms with Crippen LogP contribution in [0.1, 0.15) is 38.8 Å². The number of para-hydroxylation sites is 1. The maximum absolute atomic E-state index is 13.1. The largest absolute Gasteiger partial charge is 0.392 e. The van der Waals surface area contributed by atoms with E-state index in [4.69, 9.17) is 0 Å². The molecule has 0 fully saturated rings. The Bertz CT molecular complexity index is 1160. The molecule has 0 bridgehead atoms. The molecular weight excluding hydrogens is 392 g/mol. The first kappa shape index (κ1) is 20.5. The average molecular weight is 414 g/mol. The van der Waals surface area contributed by atoms with Crippen LogP contribution in [-0.4, -0.2) is 41.8 Å². The van der Waals surface area contributed by atoms with Crippen molar-refractivity contribution >= 4 is 28.8 Å². The van der Waals surface area contributed by atoms with Gasteiger partial charge in [0, 0.05) is 28.9 Å². The first-order valence-electron chi connectivity index (χ1n) is 10.0. The highest BCUT2D eigenvalue weighted by Crippen LogP contribution is 2.32. The van der Waals surface area contributed by atoms with Crippen LogP contribution >= 0.6 is 0 Å². The maximum Gasteiger partial charge on any atom is 0.243 e. The average Bonchev–Trinajstić information content (AvgIpc) is 2.77. The third kappa shape index (κ3) is 4.11. The van der Waals surface area contributed by atoms with Crippen molar-refractivity contribution in [2.75, 3.05) is 23.3 Å². The number of nitrogens with zero attached hydrogens (tertiary/aromatic N) is 1. The van der Waals surface area contributed by atoms with Crippen molar-refractivity contribution in [3.8, 4) is 0 Å². The molecular formula is C25H22N2O4. The molecule has 0 spiro atoms. The van der Waals surface area contributed by atoms with E-state index in [1.807, 2.05) is 30.3 Å². The zero-order valence-electron chi connectivity index (χ0n) is 17.0. The van der Waals surface area contributed by atoms with Crippen molar-refractivity contribution in [1.29, 1.82) is 0 Å². The van der Waals surface area contributed by atoms with Gasteiger partial charge in [-0.1, -0.05) is 54.6 Å². The lowest BCUT2D eigenvalue weighted by Crippen LogP contribution is -2.38. The Morgan fingerprint density at radius 1 is 0.871 bits per heavy atom. The normalized spacial score (nSPS) is 13.2. The lowest BCUT2D eigenvalue weighted by molar-refractivity contribution is -0.115. The number of hydrogen-bond donors (Lipinski definition) is 2. The second kappa shape index (κ2) is 8.53. The van der Waals surface area contributed by atoms with E-state index in [0.717, 1.165) is 5.69 Å². The van der Waals surface area contributed by atoms with Crippen molar-refractivity contribution in [3.63, 3.8) is 0 Å². The number of nitrogens with one attached hydrogen (secondary N) is 1. The molecule has 0 saturated heterocycles. The van der Waals surface area contributed by atoms with Crippen LogP contribution in [0.2, 0.25) is 0 Å². The summed E-state index contributed by atoms with van der Waals surface area (Å²) in [7, 11) is 0. The molecule has 1 unspecified atom stereocenters. The molecule has 1 aliphatic rings. The summed E-state index contributed by atoms with van der Waals surface area (Å²) in [6, 6.07) is 20.9. The van der Waals surface area contributed by atoms with Gasteiger partial charge in [0.05, 0.1) is 23.9 Å². The molecule has 0 aromatic heterocycles. The fourth-order valence-electron chi connectivity index (χ4n) is 3.83. The van der Waals surface area contributed by atoms with Crippen LogP contribution in [-0.2, 0) is 4.79 Å². The molecule has 0 heterocycles. The Morgan fingerprint density at radius 2 is 1.48 bits per heavy atom. The summed E-state index contributed by atoms with van der Waals surface area (Å²) in [6.45, 7) is 1.91. The fourth-order valence-corrected chi connectivity index (χ4v) is 3.83. The summed E-state index contributed by atoms with van der Waals surface area (Å²) in [5.41, 5.74) is 2.30. The Balaban J connectivity index is 1.61. The van der Waals surface area contributed by atoms with E-state index in [1.54, 1.807) is 54.3 Å². The summed E-state index contributed by atoms with van der Waals surface area (Å²) < 4.78 is 0. The van der Waals surface area contributed by atoms with E-state index in [1.165, 1.54) is 0 Å². The van der Waals surface area contributed by atoms with E-state index >= 15 is 0 Å². The highest BCUT2D eigenvalue weighted by molar-refractivity contribution is 6.30. The van der Waals surface area contributed by atoms with Gasteiger partial charge < -0.3 is 15.3 Å². The van der Waals surface area contributed by atoms with Crippen molar-refractivity contribution in [1.82, 2.24) is 0 Å². The van der Waals surface area contributed by atoms with Crippen LogP contribution in [0, 0.1) is 0 Å². The lowest BCUT2D eigenvalue weighted by atomic mass is 9.83. The molecule has 1 atom stereocenters. The molecule has 3 aromatic rings. The molecule has 156 valence electrons. The van der Waals surface area contributed by atoms with Gasteiger partial charge in [-0.2, -0.15) is 0 Å². The van der Waals surface area contributed by atoms with E-state index in [-0.39, 0.29) is 41.7 Å². The van der Waals surface area contributed by atoms with Gasteiger partial charge in [0.1, 0.15) is 0 Å². The van der Waals surface area contributed by atoms with Crippen LogP contribution in [0.4, 0.5) is 11.4 Å². The number of carbonyl (C=O) groups is 3. The zero-order chi connectivity index (χ0) is 22.0. The smallest absolute Gasteiger partial charge is 0.243 e. The van der Waals surface area contributed by atoms with Gasteiger partial charge in [-0.15, -0.1) is 0 Å². The van der Waals surface area contributed by atoms with Crippen LogP contribution in [0.5, 0.6) is 0 Å². The summed E-state index contributed by atoms with van der Waals surface area (Å²) in [4.78, 5) is 40.6. The van der Waals surface area contributed by atoms with Crippen molar-refractivity contribution in [3.05, 3.63) is 95.1 Å². The van der Waals surface area contributed by atoms with Crippen LogP contribution in [0.3, 0.4) is 0 Å². The predicted octanol–water partition coefficient (Wildman–Crippen LogP) is 3.29. The Labute approximate surface area is 180 Å². The van der Waals surface area contributed by atoms with Crippen LogP contribution in [0.15, 0.2) is 72.8 Å². The van der Waals surface area contributed by atoms with Crippen molar-refractivity contribution < 1.29 is 19.5 Å². The topological polar surface area (TPSA) is 86.7 Å². The summed E-state index contributed by atoms with van der Waals surface area (Å²) >= 11 is 0. The van der Waals surface area contributed by atoms with Gasteiger partial charge in [-0.3, -0.25) is 14.4 Å². The van der Waals surface area contributed by atoms with Gasteiger partial charge in [0.15, 0.2) is 11.6 Å². The first-order valence-corrected chi connectivity index (χ1v) is 10.0. The summed E-state index contributed by atoms with van der Waals surface area (Å²) in [5, 5.41) is 12.6. The SMILES string of the molecule is CC(O)CN(CC(=O)Nc1cccc2c1C(=O)c1ccccc1C2=O)c1ccccc1. The van der Waals surface area contributed by atoms with Crippen LogP contribution < -0.4 is 10.2 Å². The second-order valence-electron chi connectivity index (χ2n) is 7.55.